The molecule has 2 aromatic rings. The van der Waals surface area contributed by atoms with Crippen LogP contribution in [-0.2, 0) is 6.54 Å². The molecule has 0 fully saturated rings. The van der Waals surface area contributed by atoms with Crippen LogP contribution in [0.1, 0.15) is 17.2 Å². The summed E-state index contributed by atoms with van der Waals surface area (Å²) in [5.41, 5.74) is 8.39. The molecular formula is C17H21BrN2O. The van der Waals surface area contributed by atoms with Gasteiger partial charge in [-0.15, -0.1) is 0 Å². The van der Waals surface area contributed by atoms with E-state index in [0.717, 1.165) is 16.6 Å². The van der Waals surface area contributed by atoms with Gasteiger partial charge >= 0.3 is 0 Å². The van der Waals surface area contributed by atoms with E-state index in [9.17, 15) is 5.11 Å². The first kappa shape index (κ1) is 16.2. The zero-order chi connectivity index (χ0) is 15.1. The number of rotatable bonds is 7. The summed E-state index contributed by atoms with van der Waals surface area (Å²) >= 11 is 3.51. The van der Waals surface area contributed by atoms with Crippen molar-refractivity contribution in [2.75, 3.05) is 19.7 Å². The Morgan fingerprint density at radius 3 is 2.48 bits per heavy atom. The molecule has 2 rings (SSSR count). The molecule has 0 aromatic heterocycles. The maximum atomic E-state index is 9.37. The Morgan fingerprint density at radius 1 is 1.10 bits per heavy atom. The van der Waals surface area contributed by atoms with Crippen LogP contribution >= 0.6 is 15.9 Å². The van der Waals surface area contributed by atoms with Crippen molar-refractivity contribution in [1.29, 1.82) is 0 Å². The molecule has 3 nitrogen and oxygen atoms in total. The lowest BCUT2D eigenvalue weighted by Gasteiger charge is -2.31. The van der Waals surface area contributed by atoms with Gasteiger partial charge in [0.15, 0.2) is 0 Å². The van der Waals surface area contributed by atoms with Crippen LogP contribution < -0.4 is 5.73 Å². The lowest BCUT2D eigenvalue weighted by Crippen LogP contribution is -2.35. The van der Waals surface area contributed by atoms with Gasteiger partial charge in [0.1, 0.15) is 0 Å². The van der Waals surface area contributed by atoms with E-state index in [2.05, 4.69) is 45.1 Å². The van der Waals surface area contributed by atoms with Gasteiger partial charge in [-0.1, -0.05) is 58.4 Å². The third kappa shape index (κ3) is 4.64. The van der Waals surface area contributed by atoms with Crippen LogP contribution in [0, 0.1) is 0 Å². The van der Waals surface area contributed by atoms with Crippen molar-refractivity contribution in [3.05, 3.63) is 70.2 Å². The minimum Gasteiger partial charge on any atom is -0.395 e. The van der Waals surface area contributed by atoms with Crippen LogP contribution in [0.5, 0.6) is 0 Å². The Hall–Kier alpha value is -1.20. The van der Waals surface area contributed by atoms with Gasteiger partial charge in [0, 0.05) is 30.1 Å². The monoisotopic (exact) mass is 348 g/mol. The Balaban J connectivity index is 2.22. The smallest absolute Gasteiger partial charge is 0.0558 e. The molecule has 0 radical (unpaired) electrons. The van der Waals surface area contributed by atoms with Gasteiger partial charge in [-0.3, -0.25) is 4.90 Å². The third-order valence-corrected chi connectivity index (χ3v) is 4.01. The highest BCUT2D eigenvalue weighted by Gasteiger charge is 2.19. The van der Waals surface area contributed by atoms with Gasteiger partial charge in [0.05, 0.1) is 6.61 Å². The molecule has 1 atom stereocenters. The van der Waals surface area contributed by atoms with E-state index in [1.807, 2.05) is 30.3 Å². The van der Waals surface area contributed by atoms with Crippen LogP contribution in [0.25, 0.3) is 0 Å². The van der Waals surface area contributed by atoms with Crippen LogP contribution in [-0.4, -0.2) is 29.7 Å². The Bertz CT molecular complexity index is 547. The van der Waals surface area contributed by atoms with Gasteiger partial charge in [-0.2, -0.15) is 0 Å². The number of benzene rings is 2. The summed E-state index contributed by atoms with van der Waals surface area (Å²) in [5, 5.41) is 9.37. The first-order valence-corrected chi connectivity index (χ1v) is 7.88. The van der Waals surface area contributed by atoms with Crippen LogP contribution in [0.15, 0.2) is 59.1 Å². The highest BCUT2D eigenvalue weighted by atomic mass is 79.9. The molecule has 0 aliphatic carbocycles. The molecule has 1 unspecified atom stereocenters. The number of hydrogen-bond acceptors (Lipinski definition) is 3. The van der Waals surface area contributed by atoms with E-state index >= 15 is 0 Å². The molecule has 0 heterocycles. The summed E-state index contributed by atoms with van der Waals surface area (Å²) in [5.74, 6) is 0. The normalized spacial score (nSPS) is 12.6. The van der Waals surface area contributed by atoms with Gasteiger partial charge < -0.3 is 10.8 Å². The van der Waals surface area contributed by atoms with Crippen molar-refractivity contribution in [3.8, 4) is 0 Å². The van der Waals surface area contributed by atoms with Crippen molar-refractivity contribution in [3.63, 3.8) is 0 Å². The first-order chi connectivity index (χ1) is 10.2. The average Bonchev–Trinajstić information content (AvgIpc) is 2.49. The van der Waals surface area contributed by atoms with Crippen LogP contribution in [0.4, 0.5) is 0 Å². The Kier molecular flexibility index (Phi) is 6.39. The second kappa shape index (κ2) is 8.29. The summed E-state index contributed by atoms with van der Waals surface area (Å²) in [6, 6.07) is 18.5. The van der Waals surface area contributed by atoms with E-state index in [-0.39, 0.29) is 12.6 Å². The molecule has 0 spiro atoms. The number of nitrogens with two attached hydrogens (primary N) is 1. The summed E-state index contributed by atoms with van der Waals surface area (Å²) in [4.78, 5) is 2.22. The molecule has 0 bridgehead atoms. The predicted octanol–water partition coefficient (Wildman–Crippen LogP) is 2.94. The summed E-state index contributed by atoms with van der Waals surface area (Å²) in [6.45, 7) is 2.01. The summed E-state index contributed by atoms with van der Waals surface area (Å²) < 4.78 is 1.04. The number of hydrogen-bond donors (Lipinski definition) is 2. The van der Waals surface area contributed by atoms with E-state index in [1.54, 1.807) is 0 Å². The number of aliphatic hydroxyl groups excluding tert-OH is 1. The molecule has 0 aliphatic rings. The SMILES string of the molecule is NCC(c1cccc(Br)c1)N(CCO)Cc1ccccc1. The van der Waals surface area contributed by atoms with E-state index < -0.39 is 0 Å². The second-order valence-electron chi connectivity index (χ2n) is 4.99. The third-order valence-electron chi connectivity index (χ3n) is 3.51. The predicted molar refractivity (Wildman–Crippen MR) is 89.9 cm³/mol. The Labute approximate surface area is 134 Å². The molecule has 2 aromatic carbocycles. The largest absolute Gasteiger partial charge is 0.395 e. The Morgan fingerprint density at radius 2 is 1.86 bits per heavy atom. The van der Waals surface area contributed by atoms with Crippen molar-refractivity contribution in [2.24, 2.45) is 5.73 Å². The van der Waals surface area contributed by atoms with Gasteiger partial charge in [-0.05, 0) is 23.3 Å². The fourth-order valence-corrected chi connectivity index (χ4v) is 2.92. The number of aliphatic hydroxyl groups is 1. The van der Waals surface area contributed by atoms with Crippen LogP contribution in [0.2, 0.25) is 0 Å². The fraction of sp³-hybridized carbons (Fsp3) is 0.294. The van der Waals surface area contributed by atoms with Crippen molar-refractivity contribution >= 4 is 15.9 Å². The first-order valence-electron chi connectivity index (χ1n) is 7.09. The molecule has 0 aliphatic heterocycles. The van der Waals surface area contributed by atoms with Gasteiger partial charge in [0.2, 0.25) is 0 Å². The molecular weight excluding hydrogens is 328 g/mol. The van der Waals surface area contributed by atoms with E-state index in [1.165, 1.54) is 5.56 Å². The van der Waals surface area contributed by atoms with Crippen molar-refractivity contribution in [2.45, 2.75) is 12.6 Å². The molecule has 3 N–H and O–H groups in total. The number of halogens is 1. The minimum absolute atomic E-state index is 0.0925. The van der Waals surface area contributed by atoms with Gasteiger partial charge in [-0.25, -0.2) is 0 Å². The minimum atomic E-state index is 0.0925. The molecule has 0 saturated heterocycles. The molecule has 112 valence electrons. The number of nitrogens with zero attached hydrogens (tertiary/aromatic N) is 1. The van der Waals surface area contributed by atoms with Crippen LogP contribution in [0.3, 0.4) is 0 Å². The van der Waals surface area contributed by atoms with E-state index in [4.69, 9.17) is 5.73 Å². The zero-order valence-corrected chi connectivity index (χ0v) is 13.5. The average molecular weight is 349 g/mol. The standard InChI is InChI=1S/C17H21BrN2O/c18-16-8-4-7-15(11-16)17(12-19)20(9-10-21)13-14-5-2-1-3-6-14/h1-8,11,17,21H,9-10,12-13,19H2. The maximum absolute atomic E-state index is 9.37. The van der Waals surface area contributed by atoms with Gasteiger partial charge in [0.25, 0.3) is 0 Å². The lowest BCUT2D eigenvalue weighted by molar-refractivity contribution is 0.146. The molecule has 0 amide bonds. The summed E-state index contributed by atoms with van der Waals surface area (Å²) in [7, 11) is 0. The molecule has 4 heteroatoms. The van der Waals surface area contributed by atoms with Crippen molar-refractivity contribution in [1.82, 2.24) is 4.90 Å². The highest BCUT2D eigenvalue weighted by Crippen LogP contribution is 2.24. The fourth-order valence-electron chi connectivity index (χ4n) is 2.50. The van der Waals surface area contributed by atoms with E-state index in [0.29, 0.717) is 13.1 Å². The lowest BCUT2D eigenvalue weighted by atomic mass is 10.0. The summed E-state index contributed by atoms with van der Waals surface area (Å²) in [6.07, 6.45) is 0. The maximum Gasteiger partial charge on any atom is 0.0558 e. The zero-order valence-electron chi connectivity index (χ0n) is 12.0. The highest BCUT2D eigenvalue weighted by molar-refractivity contribution is 9.10. The quantitative estimate of drug-likeness (QED) is 0.808. The van der Waals surface area contributed by atoms with Crippen molar-refractivity contribution < 1.29 is 5.11 Å². The molecule has 21 heavy (non-hydrogen) atoms. The second-order valence-corrected chi connectivity index (χ2v) is 5.90. The molecule has 0 saturated carbocycles. The topological polar surface area (TPSA) is 49.5 Å².